The van der Waals surface area contributed by atoms with Crippen molar-refractivity contribution in [1.82, 2.24) is 4.72 Å². The van der Waals surface area contributed by atoms with Crippen molar-refractivity contribution in [2.45, 2.75) is 32.2 Å². The molecule has 1 atom stereocenters. The molecule has 0 aliphatic heterocycles. The van der Waals surface area contributed by atoms with Crippen molar-refractivity contribution in [2.75, 3.05) is 26.1 Å². The molecule has 0 radical (unpaired) electrons. The molecular formula is C9H21NO4S. The summed E-state index contributed by atoms with van der Waals surface area (Å²) in [6.07, 6.45) is 1.00. The monoisotopic (exact) mass is 239 g/mol. The molecule has 0 aliphatic carbocycles. The normalized spacial score (nSPS) is 16.3. The van der Waals surface area contributed by atoms with Crippen LogP contribution in [0.15, 0.2) is 0 Å². The minimum Gasteiger partial charge on any atom is -0.394 e. The third kappa shape index (κ3) is 6.09. The van der Waals surface area contributed by atoms with Gasteiger partial charge in [-0.3, -0.25) is 0 Å². The van der Waals surface area contributed by atoms with E-state index in [1.807, 2.05) is 6.92 Å². The number of hydrogen-bond acceptors (Lipinski definition) is 4. The van der Waals surface area contributed by atoms with Crippen molar-refractivity contribution in [3.8, 4) is 0 Å². The Hall–Kier alpha value is -0.170. The van der Waals surface area contributed by atoms with Gasteiger partial charge in [0.05, 0.1) is 17.9 Å². The van der Waals surface area contributed by atoms with Crippen LogP contribution in [0, 0.1) is 0 Å². The molecule has 2 N–H and O–H groups in total. The highest BCUT2D eigenvalue weighted by atomic mass is 32.2. The Morgan fingerprint density at radius 3 is 2.47 bits per heavy atom. The average Bonchev–Trinajstić information content (AvgIpc) is 2.17. The van der Waals surface area contributed by atoms with Crippen LogP contribution >= 0.6 is 0 Å². The summed E-state index contributed by atoms with van der Waals surface area (Å²) in [7, 11) is -1.79. The molecule has 0 aromatic carbocycles. The van der Waals surface area contributed by atoms with E-state index in [9.17, 15) is 8.42 Å². The van der Waals surface area contributed by atoms with Crippen molar-refractivity contribution in [3.05, 3.63) is 0 Å². The highest BCUT2D eigenvalue weighted by Gasteiger charge is 2.26. The van der Waals surface area contributed by atoms with Crippen LogP contribution in [0.4, 0.5) is 0 Å². The Bertz CT molecular complexity index is 259. The summed E-state index contributed by atoms with van der Waals surface area (Å²) in [4.78, 5) is 0. The lowest BCUT2D eigenvalue weighted by Crippen LogP contribution is -2.49. The lowest BCUT2D eigenvalue weighted by Gasteiger charge is -2.26. The zero-order valence-electron chi connectivity index (χ0n) is 9.62. The van der Waals surface area contributed by atoms with Gasteiger partial charge in [0.15, 0.2) is 0 Å². The van der Waals surface area contributed by atoms with Crippen LogP contribution < -0.4 is 4.72 Å². The molecular weight excluding hydrogens is 218 g/mol. The smallest absolute Gasteiger partial charge is 0.212 e. The van der Waals surface area contributed by atoms with Crippen LogP contribution in [0.2, 0.25) is 0 Å². The lowest BCUT2D eigenvalue weighted by atomic mass is 10.0. The average molecular weight is 239 g/mol. The van der Waals surface area contributed by atoms with Crippen molar-refractivity contribution in [3.63, 3.8) is 0 Å². The second kappa shape index (κ2) is 6.42. The fourth-order valence-electron chi connectivity index (χ4n) is 1.04. The molecule has 0 saturated heterocycles. The summed E-state index contributed by atoms with van der Waals surface area (Å²) in [5, 5.41) is 9.07. The van der Waals surface area contributed by atoms with Crippen LogP contribution in [0.5, 0.6) is 0 Å². The van der Waals surface area contributed by atoms with Crippen molar-refractivity contribution >= 4 is 10.0 Å². The molecule has 5 nitrogen and oxygen atoms in total. The van der Waals surface area contributed by atoms with Gasteiger partial charge in [-0.25, -0.2) is 13.1 Å². The standard InChI is InChI=1S/C9H21NO4S/c1-4-9(2,8-11)10-15(12,13)7-5-6-14-3/h10-11H,4-8H2,1-3H3. The van der Waals surface area contributed by atoms with Gasteiger partial charge < -0.3 is 9.84 Å². The third-order valence-electron chi connectivity index (χ3n) is 2.29. The summed E-state index contributed by atoms with van der Waals surface area (Å²) in [6, 6.07) is 0. The van der Waals surface area contributed by atoms with Gasteiger partial charge in [-0.05, 0) is 19.8 Å². The first-order valence-corrected chi connectivity index (χ1v) is 6.66. The van der Waals surface area contributed by atoms with Gasteiger partial charge in [0.1, 0.15) is 0 Å². The molecule has 6 heteroatoms. The maximum Gasteiger partial charge on any atom is 0.212 e. The summed E-state index contributed by atoms with van der Waals surface area (Å²) >= 11 is 0. The minimum absolute atomic E-state index is 0.0242. The fraction of sp³-hybridized carbons (Fsp3) is 1.00. The van der Waals surface area contributed by atoms with Crippen LogP contribution in [0.25, 0.3) is 0 Å². The van der Waals surface area contributed by atoms with E-state index in [4.69, 9.17) is 9.84 Å². The summed E-state index contributed by atoms with van der Waals surface area (Å²) in [6.45, 7) is 3.73. The SMILES string of the molecule is CCC(C)(CO)NS(=O)(=O)CCCOC. The highest BCUT2D eigenvalue weighted by Crippen LogP contribution is 2.10. The predicted octanol–water partition coefficient (Wildman–Crippen LogP) is 0.103. The molecule has 0 rings (SSSR count). The highest BCUT2D eigenvalue weighted by molar-refractivity contribution is 7.89. The molecule has 0 saturated carbocycles. The maximum absolute atomic E-state index is 11.6. The van der Waals surface area contributed by atoms with E-state index >= 15 is 0 Å². The molecule has 1 unspecified atom stereocenters. The van der Waals surface area contributed by atoms with Gasteiger partial charge >= 0.3 is 0 Å². The first-order valence-electron chi connectivity index (χ1n) is 5.00. The molecule has 0 heterocycles. The quantitative estimate of drug-likeness (QED) is 0.589. The topological polar surface area (TPSA) is 75.6 Å². The van der Waals surface area contributed by atoms with Crippen LogP contribution in [-0.2, 0) is 14.8 Å². The number of aliphatic hydroxyl groups is 1. The Morgan fingerprint density at radius 1 is 1.47 bits per heavy atom. The van der Waals surface area contributed by atoms with E-state index in [2.05, 4.69) is 4.72 Å². The number of aliphatic hydroxyl groups excluding tert-OH is 1. The summed E-state index contributed by atoms with van der Waals surface area (Å²) < 4.78 is 30.4. The zero-order chi connectivity index (χ0) is 11.9. The van der Waals surface area contributed by atoms with Crippen molar-refractivity contribution in [2.24, 2.45) is 0 Å². The van der Waals surface area contributed by atoms with E-state index in [0.717, 1.165) is 0 Å². The van der Waals surface area contributed by atoms with Crippen molar-refractivity contribution < 1.29 is 18.3 Å². The number of hydrogen-bond donors (Lipinski definition) is 2. The third-order valence-corrected chi connectivity index (χ3v) is 3.92. The number of ether oxygens (including phenoxy) is 1. The van der Waals surface area contributed by atoms with Gasteiger partial charge in [0.25, 0.3) is 0 Å². The molecule has 0 amide bonds. The first kappa shape index (κ1) is 14.8. The Balaban J connectivity index is 4.24. The largest absolute Gasteiger partial charge is 0.394 e. The zero-order valence-corrected chi connectivity index (χ0v) is 10.4. The second-order valence-corrected chi connectivity index (χ2v) is 5.68. The van der Waals surface area contributed by atoms with Crippen LogP contribution in [0.3, 0.4) is 0 Å². The predicted molar refractivity (Wildman–Crippen MR) is 59.2 cm³/mol. The Labute approximate surface area is 91.9 Å². The van der Waals surface area contributed by atoms with Crippen LogP contribution in [0.1, 0.15) is 26.7 Å². The first-order chi connectivity index (χ1) is 6.89. The molecule has 0 spiro atoms. The van der Waals surface area contributed by atoms with E-state index in [0.29, 0.717) is 19.4 Å². The maximum atomic E-state index is 11.6. The summed E-state index contributed by atoms with van der Waals surface area (Å²) in [5.41, 5.74) is -0.758. The number of methoxy groups -OCH3 is 1. The minimum atomic E-state index is -3.33. The number of sulfonamides is 1. The molecule has 15 heavy (non-hydrogen) atoms. The molecule has 0 bridgehead atoms. The Morgan fingerprint density at radius 2 is 2.07 bits per heavy atom. The van der Waals surface area contributed by atoms with E-state index in [1.165, 1.54) is 7.11 Å². The molecule has 0 aromatic heterocycles. The van der Waals surface area contributed by atoms with Crippen LogP contribution in [-0.4, -0.2) is 45.1 Å². The molecule has 92 valence electrons. The van der Waals surface area contributed by atoms with Crippen molar-refractivity contribution in [1.29, 1.82) is 0 Å². The van der Waals surface area contributed by atoms with Gasteiger partial charge in [0, 0.05) is 13.7 Å². The fourth-order valence-corrected chi connectivity index (χ4v) is 2.60. The Kier molecular flexibility index (Phi) is 6.35. The second-order valence-electron chi connectivity index (χ2n) is 3.84. The van der Waals surface area contributed by atoms with E-state index < -0.39 is 15.6 Å². The number of nitrogens with one attached hydrogen (secondary N) is 1. The van der Waals surface area contributed by atoms with E-state index in [-0.39, 0.29) is 12.4 Å². The lowest BCUT2D eigenvalue weighted by molar-refractivity contribution is 0.189. The van der Waals surface area contributed by atoms with Gasteiger partial charge in [0.2, 0.25) is 10.0 Å². The summed E-state index contributed by atoms with van der Waals surface area (Å²) in [5.74, 6) is 0.0242. The molecule has 0 fully saturated rings. The van der Waals surface area contributed by atoms with Gasteiger partial charge in [-0.1, -0.05) is 6.92 Å². The molecule has 0 aromatic rings. The number of rotatable bonds is 8. The van der Waals surface area contributed by atoms with Gasteiger partial charge in [-0.15, -0.1) is 0 Å². The van der Waals surface area contributed by atoms with Gasteiger partial charge in [-0.2, -0.15) is 0 Å². The van der Waals surface area contributed by atoms with E-state index in [1.54, 1.807) is 6.92 Å². The molecule has 0 aliphatic rings.